The number of anilines is 1. The quantitative estimate of drug-likeness (QED) is 0.715. The Kier molecular flexibility index (Phi) is 6.08. The normalized spacial score (nSPS) is 16.3. The first-order chi connectivity index (χ1) is 13.6. The zero-order chi connectivity index (χ0) is 21.2. The minimum Gasteiger partial charge on any atom is -0.370 e. The van der Waals surface area contributed by atoms with Gasteiger partial charge in [-0.1, -0.05) is 11.6 Å². The fraction of sp³-hybridized carbons (Fsp3) is 0.316. The third-order valence-electron chi connectivity index (χ3n) is 4.68. The number of hydrogen-bond donors (Lipinski definition) is 0. The highest BCUT2D eigenvalue weighted by atomic mass is 35.5. The van der Waals surface area contributed by atoms with Crippen LogP contribution in [0.2, 0.25) is 5.02 Å². The molecule has 0 radical (unpaired) electrons. The molecular formula is C19H17ClF3N3O2S. The van der Waals surface area contributed by atoms with Gasteiger partial charge < -0.3 is 4.90 Å². The van der Waals surface area contributed by atoms with Gasteiger partial charge in [0.2, 0.25) is 10.0 Å². The number of hydrogen-bond acceptors (Lipinski definition) is 4. The Morgan fingerprint density at radius 3 is 2.31 bits per heavy atom. The molecule has 1 aliphatic heterocycles. The Balaban J connectivity index is 1.85. The zero-order valence-electron chi connectivity index (χ0n) is 15.2. The maximum atomic E-state index is 13.4. The summed E-state index contributed by atoms with van der Waals surface area (Å²) < 4.78 is 67.2. The molecule has 10 heteroatoms. The monoisotopic (exact) mass is 443 g/mol. The number of sulfonamides is 1. The van der Waals surface area contributed by atoms with Crippen molar-refractivity contribution in [3.63, 3.8) is 0 Å². The molecule has 0 atom stereocenters. The first-order valence-corrected chi connectivity index (χ1v) is 10.6. The third-order valence-corrected chi connectivity index (χ3v) is 6.87. The lowest BCUT2D eigenvalue weighted by Gasteiger charge is -2.24. The number of nitrogens with zero attached hydrogens (tertiary/aromatic N) is 3. The van der Waals surface area contributed by atoms with Gasteiger partial charge in [0.15, 0.2) is 0 Å². The van der Waals surface area contributed by atoms with Crippen molar-refractivity contribution in [2.45, 2.75) is 17.5 Å². The molecule has 0 spiro atoms. The van der Waals surface area contributed by atoms with Crippen LogP contribution in [0.1, 0.15) is 17.5 Å². The van der Waals surface area contributed by atoms with E-state index < -0.39 is 26.7 Å². The van der Waals surface area contributed by atoms with E-state index >= 15 is 0 Å². The number of alkyl halides is 3. The van der Waals surface area contributed by atoms with Gasteiger partial charge in [-0.25, -0.2) is 8.42 Å². The number of halogens is 4. The summed E-state index contributed by atoms with van der Waals surface area (Å²) in [5.74, 6) is 0. The Hall–Kier alpha value is -2.28. The molecule has 0 unspecified atom stereocenters. The number of rotatable bonds is 3. The van der Waals surface area contributed by atoms with Gasteiger partial charge in [-0.05, 0) is 48.9 Å². The first-order valence-electron chi connectivity index (χ1n) is 8.75. The summed E-state index contributed by atoms with van der Waals surface area (Å²) in [6.07, 6.45) is -4.39. The van der Waals surface area contributed by atoms with Gasteiger partial charge in [0, 0.05) is 36.9 Å². The lowest BCUT2D eigenvalue weighted by Crippen LogP contribution is -2.36. The van der Waals surface area contributed by atoms with Crippen LogP contribution in [0, 0.1) is 11.3 Å². The molecule has 154 valence electrons. The summed E-state index contributed by atoms with van der Waals surface area (Å²) in [4.78, 5) is 1.16. The largest absolute Gasteiger partial charge is 0.417 e. The standard InChI is InChI=1S/C19H17ClF3N3O2S/c20-15-4-7-18(17(12-15)19(21,22)23)29(27,28)26-9-1-8-25(10-11-26)16-5-2-14(13-24)3-6-16/h2-7,12H,1,8-11H2. The molecule has 1 aliphatic rings. The van der Waals surface area contributed by atoms with Crippen LogP contribution in [0.25, 0.3) is 0 Å². The second-order valence-electron chi connectivity index (χ2n) is 6.54. The van der Waals surface area contributed by atoms with Crippen molar-refractivity contribution in [2.24, 2.45) is 0 Å². The molecule has 0 N–H and O–H groups in total. The van der Waals surface area contributed by atoms with Crippen molar-refractivity contribution in [1.82, 2.24) is 4.31 Å². The van der Waals surface area contributed by atoms with E-state index in [0.29, 0.717) is 31.1 Å². The fourth-order valence-corrected chi connectivity index (χ4v) is 5.06. The van der Waals surface area contributed by atoms with Crippen LogP contribution in [-0.4, -0.2) is 38.9 Å². The maximum Gasteiger partial charge on any atom is 0.417 e. The minimum absolute atomic E-state index is 0.0439. The van der Waals surface area contributed by atoms with Crippen molar-refractivity contribution in [1.29, 1.82) is 5.26 Å². The van der Waals surface area contributed by atoms with Crippen LogP contribution in [0.15, 0.2) is 47.4 Å². The van der Waals surface area contributed by atoms with Crippen molar-refractivity contribution in [2.75, 3.05) is 31.1 Å². The average molecular weight is 444 g/mol. The Morgan fingerprint density at radius 1 is 1.00 bits per heavy atom. The van der Waals surface area contributed by atoms with Gasteiger partial charge in [0.25, 0.3) is 0 Å². The molecule has 5 nitrogen and oxygen atoms in total. The lowest BCUT2D eigenvalue weighted by molar-refractivity contribution is -0.139. The molecule has 2 aromatic rings. The van der Waals surface area contributed by atoms with Crippen molar-refractivity contribution in [3.8, 4) is 6.07 Å². The highest BCUT2D eigenvalue weighted by Gasteiger charge is 2.39. The Labute approximate surface area is 172 Å². The maximum absolute atomic E-state index is 13.4. The highest BCUT2D eigenvalue weighted by Crippen LogP contribution is 2.37. The van der Waals surface area contributed by atoms with Crippen molar-refractivity contribution < 1.29 is 21.6 Å². The SMILES string of the molecule is N#Cc1ccc(N2CCCN(S(=O)(=O)c3ccc(Cl)cc3C(F)(F)F)CC2)cc1. The minimum atomic E-state index is -4.84. The number of nitriles is 1. The second kappa shape index (κ2) is 8.22. The summed E-state index contributed by atoms with van der Waals surface area (Å²) in [5, 5.41) is 8.71. The van der Waals surface area contributed by atoms with E-state index in [1.54, 1.807) is 24.3 Å². The smallest absolute Gasteiger partial charge is 0.370 e. The van der Waals surface area contributed by atoms with E-state index in [4.69, 9.17) is 16.9 Å². The summed E-state index contributed by atoms with van der Waals surface area (Å²) in [5.41, 5.74) is 0.0686. The average Bonchev–Trinajstić information content (AvgIpc) is 2.94. The summed E-state index contributed by atoms with van der Waals surface area (Å²) in [7, 11) is -4.35. The van der Waals surface area contributed by atoms with Crippen LogP contribution in [-0.2, 0) is 16.2 Å². The van der Waals surface area contributed by atoms with Gasteiger partial charge in [0.1, 0.15) is 0 Å². The third kappa shape index (κ3) is 4.66. The molecular weight excluding hydrogens is 427 g/mol. The predicted molar refractivity (Wildman–Crippen MR) is 103 cm³/mol. The molecule has 1 heterocycles. The van der Waals surface area contributed by atoms with Crippen molar-refractivity contribution >= 4 is 27.3 Å². The van der Waals surface area contributed by atoms with Gasteiger partial charge >= 0.3 is 6.18 Å². The molecule has 0 aliphatic carbocycles. The lowest BCUT2D eigenvalue weighted by atomic mass is 10.2. The van der Waals surface area contributed by atoms with Crippen molar-refractivity contribution in [3.05, 3.63) is 58.6 Å². The van der Waals surface area contributed by atoms with Crippen LogP contribution in [0.3, 0.4) is 0 Å². The highest BCUT2D eigenvalue weighted by molar-refractivity contribution is 7.89. The second-order valence-corrected chi connectivity index (χ2v) is 8.88. The van der Waals surface area contributed by atoms with Crippen LogP contribution in [0.4, 0.5) is 18.9 Å². The van der Waals surface area contributed by atoms with E-state index in [-0.39, 0.29) is 18.1 Å². The first kappa shape index (κ1) is 21.4. The molecule has 1 fully saturated rings. The van der Waals surface area contributed by atoms with E-state index in [0.717, 1.165) is 22.1 Å². The summed E-state index contributed by atoms with van der Waals surface area (Å²) in [6.45, 7) is 1.02. The summed E-state index contributed by atoms with van der Waals surface area (Å²) >= 11 is 5.66. The van der Waals surface area contributed by atoms with Crippen LogP contribution < -0.4 is 4.90 Å². The summed E-state index contributed by atoms with van der Waals surface area (Å²) in [6, 6.07) is 11.6. The zero-order valence-corrected chi connectivity index (χ0v) is 16.7. The van der Waals surface area contributed by atoms with Crippen LogP contribution in [0.5, 0.6) is 0 Å². The molecule has 0 aromatic heterocycles. The van der Waals surface area contributed by atoms with E-state index in [1.807, 2.05) is 11.0 Å². The van der Waals surface area contributed by atoms with E-state index in [1.165, 1.54) is 0 Å². The molecule has 0 saturated carbocycles. The molecule has 3 rings (SSSR count). The van der Waals surface area contributed by atoms with Gasteiger partial charge in [-0.15, -0.1) is 0 Å². The van der Waals surface area contributed by atoms with Gasteiger partial charge in [-0.3, -0.25) is 0 Å². The predicted octanol–water partition coefficient (Wildman–Crippen LogP) is 4.13. The molecule has 0 amide bonds. The molecule has 2 aromatic carbocycles. The van der Waals surface area contributed by atoms with E-state index in [2.05, 4.69) is 0 Å². The molecule has 1 saturated heterocycles. The van der Waals surface area contributed by atoms with Gasteiger partial charge in [-0.2, -0.15) is 22.7 Å². The van der Waals surface area contributed by atoms with E-state index in [9.17, 15) is 21.6 Å². The number of benzene rings is 2. The topological polar surface area (TPSA) is 64.4 Å². The molecule has 29 heavy (non-hydrogen) atoms. The Morgan fingerprint density at radius 2 is 1.69 bits per heavy atom. The molecule has 0 bridgehead atoms. The van der Waals surface area contributed by atoms with Gasteiger partial charge in [0.05, 0.1) is 22.1 Å². The Bertz CT molecular complexity index is 1030. The fourth-order valence-electron chi connectivity index (χ4n) is 3.23. The van der Waals surface area contributed by atoms with Crippen LogP contribution >= 0.6 is 11.6 Å².